The molecule has 0 bridgehead atoms. The van der Waals surface area contributed by atoms with Crippen molar-refractivity contribution in [2.75, 3.05) is 0 Å². The molecule has 1 aromatic heterocycles. The summed E-state index contributed by atoms with van der Waals surface area (Å²) < 4.78 is 1.02. The van der Waals surface area contributed by atoms with Crippen LogP contribution in [0.5, 0.6) is 0 Å². The van der Waals surface area contributed by atoms with Crippen molar-refractivity contribution in [2.24, 2.45) is 0 Å². The lowest BCUT2D eigenvalue weighted by Crippen LogP contribution is -1.77. The molecule has 3 aromatic rings. The lowest BCUT2D eigenvalue weighted by atomic mass is 10.2. The number of fused-ring (bicyclic) bond motifs is 1. The van der Waals surface area contributed by atoms with Gasteiger partial charge in [0, 0.05) is 10.0 Å². The Bertz CT molecular complexity index is 629. The number of halogens is 1. The van der Waals surface area contributed by atoms with Crippen molar-refractivity contribution in [3.05, 3.63) is 53.0 Å². The SMILES string of the molecule is Brc1cccc2[nH]c(-c3ccccc3)nc12. The van der Waals surface area contributed by atoms with E-state index in [1.165, 1.54) is 0 Å². The van der Waals surface area contributed by atoms with Gasteiger partial charge in [0.1, 0.15) is 11.3 Å². The zero-order valence-electron chi connectivity index (χ0n) is 8.44. The van der Waals surface area contributed by atoms with Crippen molar-refractivity contribution in [3.63, 3.8) is 0 Å². The lowest BCUT2D eigenvalue weighted by Gasteiger charge is -1.93. The molecular formula is C13H9BrN2. The molecule has 0 saturated carbocycles. The molecule has 0 atom stereocenters. The Morgan fingerprint density at radius 1 is 0.938 bits per heavy atom. The van der Waals surface area contributed by atoms with Gasteiger partial charge in [0.15, 0.2) is 0 Å². The van der Waals surface area contributed by atoms with Gasteiger partial charge in [-0.2, -0.15) is 0 Å². The number of nitrogens with zero attached hydrogens (tertiary/aromatic N) is 1. The van der Waals surface area contributed by atoms with E-state index in [-0.39, 0.29) is 0 Å². The summed E-state index contributed by atoms with van der Waals surface area (Å²) in [6.45, 7) is 0. The molecule has 1 heterocycles. The molecule has 2 nitrogen and oxygen atoms in total. The highest BCUT2D eigenvalue weighted by atomic mass is 79.9. The standard InChI is InChI=1S/C13H9BrN2/c14-10-7-4-8-11-12(10)16-13(15-11)9-5-2-1-3-6-9/h1-8H,(H,15,16). The summed E-state index contributed by atoms with van der Waals surface area (Å²) >= 11 is 3.50. The summed E-state index contributed by atoms with van der Waals surface area (Å²) in [6.07, 6.45) is 0. The molecule has 0 aliphatic heterocycles. The van der Waals surface area contributed by atoms with Crippen molar-refractivity contribution in [3.8, 4) is 11.4 Å². The summed E-state index contributed by atoms with van der Waals surface area (Å²) in [4.78, 5) is 7.89. The molecule has 3 rings (SSSR count). The highest BCUT2D eigenvalue weighted by molar-refractivity contribution is 9.10. The van der Waals surface area contributed by atoms with Crippen LogP contribution in [0.3, 0.4) is 0 Å². The number of para-hydroxylation sites is 1. The molecule has 0 spiro atoms. The van der Waals surface area contributed by atoms with Crippen LogP contribution in [0.4, 0.5) is 0 Å². The molecule has 78 valence electrons. The minimum Gasteiger partial charge on any atom is -0.338 e. The first-order valence-electron chi connectivity index (χ1n) is 5.04. The number of nitrogens with one attached hydrogen (secondary N) is 1. The van der Waals surface area contributed by atoms with Crippen LogP contribution in [0.25, 0.3) is 22.4 Å². The molecule has 0 aliphatic rings. The van der Waals surface area contributed by atoms with Crippen LogP contribution in [0, 0.1) is 0 Å². The van der Waals surface area contributed by atoms with Gasteiger partial charge in [-0.05, 0) is 28.1 Å². The van der Waals surface area contributed by atoms with Crippen molar-refractivity contribution in [1.29, 1.82) is 0 Å². The maximum Gasteiger partial charge on any atom is 0.138 e. The quantitative estimate of drug-likeness (QED) is 0.713. The van der Waals surface area contributed by atoms with Gasteiger partial charge in [-0.1, -0.05) is 36.4 Å². The number of rotatable bonds is 1. The molecule has 0 saturated heterocycles. The molecular weight excluding hydrogens is 264 g/mol. The Labute approximate surface area is 101 Å². The maximum atomic E-state index is 4.58. The van der Waals surface area contributed by atoms with Crippen LogP contribution in [-0.2, 0) is 0 Å². The molecule has 0 aliphatic carbocycles. The first-order valence-corrected chi connectivity index (χ1v) is 5.83. The van der Waals surface area contributed by atoms with Gasteiger partial charge in [0.25, 0.3) is 0 Å². The van der Waals surface area contributed by atoms with Crippen molar-refractivity contribution in [1.82, 2.24) is 9.97 Å². The van der Waals surface area contributed by atoms with E-state index in [1.54, 1.807) is 0 Å². The van der Waals surface area contributed by atoms with E-state index in [1.807, 2.05) is 48.5 Å². The van der Waals surface area contributed by atoms with Crippen LogP contribution in [-0.4, -0.2) is 9.97 Å². The smallest absolute Gasteiger partial charge is 0.138 e. The number of aromatic nitrogens is 2. The van der Waals surface area contributed by atoms with Crippen molar-refractivity contribution in [2.45, 2.75) is 0 Å². The summed E-state index contributed by atoms with van der Waals surface area (Å²) in [7, 11) is 0. The molecule has 0 unspecified atom stereocenters. The first-order chi connectivity index (χ1) is 7.84. The lowest BCUT2D eigenvalue weighted by molar-refractivity contribution is 1.33. The van der Waals surface area contributed by atoms with Gasteiger partial charge in [-0.25, -0.2) is 4.98 Å². The molecule has 3 heteroatoms. The van der Waals surface area contributed by atoms with Gasteiger partial charge in [0.2, 0.25) is 0 Å². The number of benzene rings is 2. The van der Waals surface area contributed by atoms with E-state index in [0.29, 0.717) is 0 Å². The van der Waals surface area contributed by atoms with Gasteiger partial charge in [0.05, 0.1) is 5.52 Å². The zero-order valence-corrected chi connectivity index (χ0v) is 10.0. The third kappa shape index (κ3) is 1.53. The zero-order chi connectivity index (χ0) is 11.0. The minimum absolute atomic E-state index is 0.905. The van der Waals surface area contributed by atoms with Crippen LogP contribution in [0.2, 0.25) is 0 Å². The van der Waals surface area contributed by atoms with Gasteiger partial charge in [-0.15, -0.1) is 0 Å². The normalized spacial score (nSPS) is 10.8. The number of hydrogen-bond acceptors (Lipinski definition) is 1. The molecule has 2 aromatic carbocycles. The van der Waals surface area contributed by atoms with Gasteiger partial charge in [-0.3, -0.25) is 0 Å². The Morgan fingerprint density at radius 2 is 1.75 bits per heavy atom. The Morgan fingerprint density at radius 3 is 2.50 bits per heavy atom. The van der Waals surface area contributed by atoms with Crippen LogP contribution in [0.1, 0.15) is 0 Å². The number of aromatic amines is 1. The van der Waals surface area contributed by atoms with Gasteiger partial charge < -0.3 is 4.98 Å². The van der Waals surface area contributed by atoms with E-state index >= 15 is 0 Å². The Hall–Kier alpha value is -1.61. The number of hydrogen-bond donors (Lipinski definition) is 1. The maximum absolute atomic E-state index is 4.58. The monoisotopic (exact) mass is 272 g/mol. The third-order valence-corrected chi connectivity index (χ3v) is 3.15. The van der Waals surface area contributed by atoms with E-state index < -0.39 is 0 Å². The Balaban J connectivity index is 2.23. The van der Waals surface area contributed by atoms with E-state index in [4.69, 9.17) is 0 Å². The van der Waals surface area contributed by atoms with Crippen molar-refractivity contribution < 1.29 is 0 Å². The van der Waals surface area contributed by atoms with E-state index in [9.17, 15) is 0 Å². The fraction of sp³-hybridized carbons (Fsp3) is 0. The number of imidazole rings is 1. The average Bonchev–Trinajstić information content (AvgIpc) is 2.76. The minimum atomic E-state index is 0.905. The average molecular weight is 273 g/mol. The number of H-pyrrole nitrogens is 1. The van der Waals surface area contributed by atoms with Gasteiger partial charge >= 0.3 is 0 Å². The van der Waals surface area contributed by atoms with E-state index in [0.717, 1.165) is 26.9 Å². The summed E-state index contributed by atoms with van der Waals surface area (Å²) in [6, 6.07) is 16.1. The molecule has 0 amide bonds. The van der Waals surface area contributed by atoms with Crippen LogP contribution in [0.15, 0.2) is 53.0 Å². The second-order valence-corrected chi connectivity index (χ2v) is 4.44. The predicted octanol–water partition coefficient (Wildman–Crippen LogP) is 3.99. The molecule has 0 radical (unpaired) electrons. The molecule has 0 fully saturated rings. The van der Waals surface area contributed by atoms with Crippen LogP contribution >= 0.6 is 15.9 Å². The van der Waals surface area contributed by atoms with E-state index in [2.05, 4.69) is 25.9 Å². The highest BCUT2D eigenvalue weighted by Crippen LogP contribution is 2.25. The fourth-order valence-corrected chi connectivity index (χ4v) is 2.18. The van der Waals surface area contributed by atoms with Crippen LogP contribution < -0.4 is 0 Å². The molecule has 16 heavy (non-hydrogen) atoms. The topological polar surface area (TPSA) is 28.7 Å². The second kappa shape index (κ2) is 3.76. The summed E-state index contributed by atoms with van der Waals surface area (Å²) in [5.41, 5.74) is 3.13. The first kappa shape index (κ1) is 9.60. The fourth-order valence-electron chi connectivity index (χ4n) is 1.73. The van der Waals surface area contributed by atoms with Crippen molar-refractivity contribution >= 4 is 27.0 Å². The third-order valence-electron chi connectivity index (χ3n) is 2.51. The highest BCUT2D eigenvalue weighted by Gasteiger charge is 2.06. The summed E-state index contributed by atoms with van der Waals surface area (Å²) in [5.74, 6) is 0.905. The largest absolute Gasteiger partial charge is 0.338 e. The predicted molar refractivity (Wildman–Crippen MR) is 69.2 cm³/mol. The Kier molecular flexibility index (Phi) is 2.26. The molecule has 1 N–H and O–H groups in total. The second-order valence-electron chi connectivity index (χ2n) is 3.59. The summed E-state index contributed by atoms with van der Waals surface area (Å²) in [5, 5.41) is 0.